The molecule has 0 aliphatic carbocycles. The Bertz CT molecular complexity index is 268. The van der Waals surface area contributed by atoms with Gasteiger partial charge in [-0.05, 0) is 20.8 Å². The fourth-order valence-electron chi connectivity index (χ4n) is 1.35. The third kappa shape index (κ3) is 3.14. The summed E-state index contributed by atoms with van der Waals surface area (Å²) >= 11 is 0. The predicted molar refractivity (Wildman–Crippen MR) is 50.4 cm³/mol. The van der Waals surface area contributed by atoms with Gasteiger partial charge in [0, 0.05) is 26.3 Å². The summed E-state index contributed by atoms with van der Waals surface area (Å²) < 4.78 is 7.27. The number of nitrogens with zero attached hydrogens (tertiary/aromatic N) is 3. The summed E-state index contributed by atoms with van der Waals surface area (Å²) in [5.41, 5.74) is 0.825. The molecule has 0 aromatic carbocycles. The minimum atomic E-state index is -0.148. The van der Waals surface area contributed by atoms with Crippen molar-refractivity contribution < 1.29 is 4.74 Å². The topological polar surface area (TPSA) is 39.9 Å². The van der Waals surface area contributed by atoms with Crippen molar-refractivity contribution in [3.63, 3.8) is 0 Å². The van der Waals surface area contributed by atoms with Gasteiger partial charge in [-0.2, -0.15) is 0 Å². The maximum atomic E-state index is 5.57. The van der Waals surface area contributed by atoms with Crippen LogP contribution < -0.4 is 0 Å². The van der Waals surface area contributed by atoms with Gasteiger partial charge in [-0.3, -0.25) is 4.68 Å². The first-order valence-electron chi connectivity index (χ1n) is 4.52. The van der Waals surface area contributed by atoms with Crippen molar-refractivity contribution in [3.8, 4) is 0 Å². The Morgan fingerprint density at radius 1 is 1.54 bits per heavy atom. The molecule has 4 heteroatoms. The fourth-order valence-corrected chi connectivity index (χ4v) is 1.35. The van der Waals surface area contributed by atoms with E-state index in [2.05, 4.69) is 24.2 Å². The molecule has 0 bridgehead atoms. The van der Waals surface area contributed by atoms with Gasteiger partial charge < -0.3 is 4.74 Å². The van der Waals surface area contributed by atoms with E-state index in [-0.39, 0.29) is 5.60 Å². The maximum absolute atomic E-state index is 5.57. The molecule has 13 heavy (non-hydrogen) atoms. The molecule has 1 heterocycles. The zero-order chi connectivity index (χ0) is 9.90. The van der Waals surface area contributed by atoms with Crippen molar-refractivity contribution in [3.05, 3.63) is 11.9 Å². The van der Waals surface area contributed by atoms with Gasteiger partial charge in [0.2, 0.25) is 0 Å². The number of aryl methyl sites for hydroxylation is 1. The van der Waals surface area contributed by atoms with Crippen molar-refractivity contribution in [2.24, 2.45) is 7.05 Å². The summed E-state index contributed by atoms with van der Waals surface area (Å²) in [6.45, 7) is 6.85. The molecule has 0 radical (unpaired) electrons. The van der Waals surface area contributed by atoms with Crippen LogP contribution in [0.5, 0.6) is 0 Å². The van der Waals surface area contributed by atoms with Crippen LogP contribution in [0.25, 0.3) is 0 Å². The standard InChI is InChI=1S/C9H17N3O/c1-5-13-9(2,3)6-8-7-12(4)11-10-8/h7H,5-6H2,1-4H3. The van der Waals surface area contributed by atoms with Crippen LogP contribution in [0.15, 0.2) is 6.20 Å². The fraction of sp³-hybridized carbons (Fsp3) is 0.778. The maximum Gasteiger partial charge on any atom is 0.0855 e. The number of hydrogen-bond acceptors (Lipinski definition) is 3. The monoisotopic (exact) mass is 183 g/mol. The lowest BCUT2D eigenvalue weighted by molar-refractivity contribution is -0.0100. The number of rotatable bonds is 4. The summed E-state index contributed by atoms with van der Waals surface area (Å²) in [4.78, 5) is 0. The number of hydrogen-bond donors (Lipinski definition) is 0. The molecule has 4 nitrogen and oxygen atoms in total. The molecule has 0 spiro atoms. The smallest absolute Gasteiger partial charge is 0.0855 e. The average Bonchev–Trinajstić information content (AvgIpc) is 2.34. The second-order valence-corrected chi connectivity index (χ2v) is 3.75. The van der Waals surface area contributed by atoms with Gasteiger partial charge in [0.1, 0.15) is 0 Å². The molecule has 0 unspecified atom stereocenters. The second kappa shape index (κ2) is 3.87. The lowest BCUT2D eigenvalue weighted by atomic mass is 10.0. The molecule has 0 amide bonds. The first-order valence-corrected chi connectivity index (χ1v) is 4.52. The van der Waals surface area contributed by atoms with Crippen LogP contribution in [-0.2, 0) is 18.2 Å². The molecule has 0 aliphatic heterocycles. The van der Waals surface area contributed by atoms with E-state index in [1.54, 1.807) is 4.68 Å². The quantitative estimate of drug-likeness (QED) is 0.703. The Labute approximate surface area is 78.9 Å². The summed E-state index contributed by atoms with van der Waals surface area (Å²) in [7, 11) is 1.87. The summed E-state index contributed by atoms with van der Waals surface area (Å²) in [6, 6.07) is 0. The lowest BCUT2D eigenvalue weighted by Crippen LogP contribution is -2.27. The summed E-state index contributed by atoms with van der Waals surface area (Å²) in [5, 5.41) is 7.89. The van der Waals surface area contributed by atoms with Crippen LogP contribution in [-0.4, -0.2) is 27.2 Å². The molecular weight excluding hydrogens is 166 g/mol. The van der Waals surface area contributed by atoms with E-state index in [4.69, 9.17) is 4.74 Å². The van der Waals surface area contributed by atoms with Crippen molar-refractivity contribution in [2.75, 3.05) is 6.61 Å². The second-order valence-electron chi connectivity index (χ2n) is 3.75. The Kier molecular flexibility index (Phi) is 3.03. The molecular formula is C9H17N3O. The SMILES string of the molecule is CCOC(C)(C)Cc1cn(C)nn1. The van der Waals surface area contributed by atoms with Crippen molar-refractivity contribution >= 4 is 0 Å². The Hall–Kier alpha value is -0.900. The van der Waals surface area contributed by atoms with E-state index in [0.29, 0.717) is 0 Å². The molecule has 74 valence electrons. The average molecular weight is 183 g/mol. The molecule has 0 saturated carbocycles. The van der Waals surface area contributed by atoms with E-state index in [0.717, 1.165) is 18.7 Å². The minimum absolute atomic E-state index is 0.148. The van der Waals surface area contributed by atoms with Crippen LogP contribution >= 0.6 is 0 Å². The van der Waals surface area contributed by atoms with Crippen molar-refractivity contribution in [1.29, 1.82) is 0 Å². The van der Waals surface area contributed by atoms with Crippen LogP contribution in [0.4, 0.5) is 0 Å². The van der Waals surface area contributed by atoms with Gasteiger partial charge in [-0.15, -0.1) is 5.10 Å². The van der Waals surface area contributed by atoms with Gasteiger partial charge in [0.15, 0.2) is 0 Å². The van der Waals surface area contributed by atoms with Crippen LogP contribution in [0, 0.1) is 0 Å². The van der Waals surface area contributed by atoms with Gasteiger partial charge in [-0.1, -0.05) is 5.21 Å². The van der Waals surface area contributed by atoms with E-state index < -0.39 is 0 Å². The number of aromatic nitrogens is 3. The molecule has 0 fully saturated rings. The number of ether oxygens (including phenoxy) is 1. The van der Waals surface area contributed by atoms with Gasteiger partial charge in [0.25, 0.3) is 0 Å². The molecule has 1 aromatic heterocycles. The van der Waals surface area contributed by atoms with Crippen LogP contribution in [0.1, 0.15) is 26.5 Å². The van der Waals surface area contributed by atoms with Gasteiger partial charge >= 0.3 is 0 Å². The third-order valence-corrected chi connectivity index (χ3v) is 1.79. The van der Waals surface area contributed by atoms with E-state index in [9.17, 15) is 0 Å². The largest absolute Gasteiger partial charge is 0.375 e. The highest BCUT2D eigenvalue weighted by Crippen LogP contribution is 2.14. The molecule has 0 atom stereocenters. The highest BCUT2D eigenvalue weighted by molar-refractivity contribution is 4.97. The first kappa shape index (κ1) is 10.2. The van der Waals surface area contributed by atoms with Crippen molar-refractivity contribution in [1.82, 2.24) is 15.0 Å². The van der Waals surface area contributed by atoms with E-state index in [1.807, 2.05) is 20.2 Å². The highest BCUT2D eigenvalue weighted by atomic mass is 16.5. The molecule has 1 aromatic rings. The predicted octanol–water partition coefficient (Wildman–Crippen LogP) is 1.17. The summed E-state index contributed by atoms with van der Waals surface area (Å²) in [6.07, 6.45) is 2.72. The Morgan fingerprint density at radius 3 is 2.69 bits per heavy atom. The molecule has 0 aliphatic rings. The third-order valence-electron chi connectivity index (χ3n) is 1.79. The molecule has 1 rings (SSSR count). The molecule has 0 saturated heterocycles. The normalized spacial score (nSPS) is 12.0. The van der Waals surface area contributed by atoms with Crippen LogP contribution in [0.3, 0.4) is 0 Å². The van der Waals surface area contributed by atoms with E-state index in [1.165, 1.54) is 0 Å². The first-order chi connectivity index (χ1) is 6.03. The molecule has 0 N–H and O–H groups in total. The van der Waals surface area contributed by atoms with Gasteiger partial charge in [-0.25, -0.2) is 0 Å². The van der Waals surface area contributed by atoms with E-state index >= 15 is 0 Å². The van der Waals surface area contributed by atoms with Crippen molar-refractivity contribution in [2.45, 2.75) is 32.8 Å². The van der Waals surface area contributed by atoms with Crippen LogP contribution in [0.2, 0.25) is 0 Å². The minimum Gasteiger partial charge on any atom is -0.375 e. The van der Waals surface area contributed by atoms with Gasteiger partial charge in [0.05, 0.1) is 11.3 Å². The lowest BCUT2D eigenvalue weighted by Gasteiger charge is -2.23. The zero-order valence-corrected chi connectivity index (χ0v) is 8.74. The Balaban J connectivity index is 2.57. The highest BCUT2D eigenvalue weighted by Gasteiger charge is 2.19. The Morgan fingerprint density at radius 2 is 2.23 bits per heavy atom. The summed E-state index contributed by atoms with van der Waals surface area (Å²) in [5.74, 6) is 0. The zero-order valence-electron chi connectivity index (χ0n) is 8.74.